The van der Waals surface area contributed by atoms with E-state index >= 15 is 0 Å². The number of benzene rings is 1. The maximum atomic E-state index is 5.67. The van der Waals surface area contributed by atoms with Gasteiger partial charge in [0.05, 0.1) is 12.6 Å². The fraction of sp³-hybridized carbons (Fsp3) is 0.111. The third-order valence-electron chi connectivity index (χ3n) is 1.87. The molecule has 0 saturated heterocycles. The van der Waals surface area contributed by atoms with Crippen molar-refractivity contribution in [3.05, 3.63) is 24.5 Å². The fourth-order valence-corrected chi connectivity index (χ4v) is 1.18. The van der Waals surface area contributed by atoms with Crippen molar-refractivity contribution >= 4 is 16.7 Å². The van der Waals surface area contributed by atoms with E-state index in [0.29, 0.717) is 5.82 Å². The minimum Gasteiger partial charge on any atom is -0.497 e. The van der Waals surface area contributed by atoms with E-state index in [9.17, 15) is 0 Å². The van der Waals surface area contributed by atoms with E-state index in [1.165, 1.54) is 6.33 Å². The molecule has 0 fully saturated rings. The van der Waals surface area contributed by atoms with Crippen molar-refractivity contribution in [2.45, 2.75) is 0 Å². The molecule has 66 valence electrons. The SMILES string of the molecule is COc1ccc2ncnc(N)c2c1. The number of hydrogen-bond acceptors (Lipinski definition) is 4. The quantitative estimate of drug-likeness (QED) is 0.707. The van der Waals surface area contributed by atoms with Crippen LogP contribution in [0.3, 0.4) is 0 Å². The Morgan fingerprint density at radius 1 is 1.31 bits per heavy atom. The van der Waals surface area contributed by atoms with Crippen molar-refractivity contribution in [1.29, 1.82) is 0 Å². The molecule has 0 amide bonds. The standard InChI is InChI=1S/C9H9N3O/c1-13-6-2-3-8-7(4-6)9(10)12-5-11-8/h2-5H,1H3,(H2,10,11,12). The van der Waals surface area contributed by atoms with E-state index in [1.54, 1.807) is 7.11 Å². The molecule has 2 N–H and O–H groups in total. The molecule has 1 aromatic carbocycles. The van der Waals surface area contributed by atoms with Crippen LogP contribution in [0.25, 0.3) is 10.9 Å². The summed E-state index contributed by atoms with van der Waals surface area (Å²) >= 11 is 0. The number of methoxy groups -OCH3 is 1. The lowest BCUT2D eigenvalue weighted by Gasteiger charge is -2.02. The predicted molar refractivity (Wildman–Crippen MR) is 50.5 cm³/mol. The Kier molecular flexibility index (Phi) is 1.73. The number of anilines is 1. The monoisotopic (exact) mass is 175 g/mol. The van der Waals surface area contributed by atoms with Crippen molar-refractivity contribution in [3.8, 4) is 5.75 Å². The first-order chi connectivity index (χ1) is 6.31. The van der Waals surface area contributed by atoms with E-state index < -0.39 is 0 Å². The highest BCUT2D eigenvalue weighted by Gasteiger charge is 2.00. The van der Waals surface area contributed by atoms with E-state index in [2.05, 4.69) is 9.97 Å². The Bertz CT molecular complexity index is 442. The largest absolute Gasteiger partial charge is 0.497 e. The number of nitrogens with zero attached hydrogens (tertiary/aromatic N) is 2. The van der Waals surface area contributed by atoms with Gasteiger partial charge < -0.3 is 10.5 Å². The van der Waals surface area contributed by atoms with Gasteiger partial charge in [-0.15, -0.1) is 0 Å². The molecule has 13 heavy (non-hydrogen) atoms. The van der Waals surface area contributed by atoms with Crippen molar-refractivity contribution < 1.29 is 4.74 Å². The van der Waals surface area contributed by atoms with Gasteiger partial charge in [0.1, 0.15) is 17.9 Å². The maximum Gasteiger partial charge on any atom is 0.134 e. The summed E-state index contributed by atoms with van der Waals surface area (Å²) in [6, 6.07) is 5.52. The zero-order valence-corrected chi connectivity index (χ0v) is 7.19. The Morgan fingerprint density at radius 3 is 2.92 bits per heavy atom. The van der Waals surface area contributed by atoms with E-state index in [0.717, 1.165) is 16.7 Å². The van der Waals surface area contributed by atoms with Crippen molar-refractivity contribution in [2.75, 3.05) is 12.8 Å². The molecule has 0 radical (unpaired) electrons. The van der Waals surface area contributed by atoms with Gasteiger partial charge in [-0.3, -0.25) is 0 Å². The number of nitrogen functional groups attached to an aromatic ring is 1. The van der Waals surface area contributed by atoms with Crippen LogP contribution in [0.4, 0.5) is 5.82 Å². The summed E-state index contributed by atoms with van der Waals surface area (Å²) in [6.45, 7) is 0. The number of rotatable bonds is 1. The van der Waals surface area contributed by atoms with Crippen LogP contribution in [0.5, 0.6) is 5.75 Å². The van der Waals surface area contributed by atoms with E-state index in [4.69, 9.17) is 10.5 Å². The average Bonchev–Trinajstić information content (AvgIpc) is 2.18. The van der Waals surface area contributed by atoms with Crippen molar-refractivity contribution in [2.24, 2.45) is 0 Å². The number of ether oxygens (including phenoxy) is 1. The molecular weight excluding hydrogens is 166 g/mol. The summed E-state index contributed by atoms with van der Waals surface area (Å²) in [7, 11) is 1.61. The summed E-state index contributed by atoms with van der Waals surface area (Å²) in [5.41, 5.74) is 6.50. The van der Waals surface area contributed by atoms with Gasteiger partial charge in [-0.2, -0.15) is 0 Å². The molecule has 0 aliphatic carbocycles. The van der Waals surface area contributed by atoms with Gasteiger partial charge in [0.15, 0.2) is 0 Å². The van der Waals surface area contributed by atoms with Crippen molar-refractivity contribution in [3.63, 3.8) is 0 Å². The highest BCUT2D eigenvalue weighted by Crippen LogP contribution is 2.21. The van der Waals surface area contributed by atoms with Crippen LogP contribution in [0.1, 0.15) is 0 Å². The summed E-state index contributed by atoms with van der Waals surface area (Å²) in [5, 5.41) is 0.821. The second-order valence-corrected chi connectivity index (χ2v) is 2.64. The molecule has 1 heterocycles. The molecule has 0 bridgehead atoms. The van der Waals surface area contributed by atoms with Crippen LogP contribution >= 0.6 is 0 Å². The molecular formula is C9H9N3O. The van der Waals surface area contributed by atoms with Gasteiger partial charge in [-0.05, 0) is 18.2 Å². The Hall–Kier alpha value is -1.84. The number of fused-ring (bicyclic) bond motifs is 1. The first-order valence-corrected chi connectivity index (χ1v) is 3.85. The number of hydrogen-bond donors (Lipinski definition) is 1. The number of nitrogens with two attached hydrogens (primary N) is 1. The molecule has 0 atom stereocenters. The third kappa shape index (κ3) is 1.26. The Labute approximate surface area is 75.4 Å². The molecule has 0 aliphatic rings. The number of aromatic nitrogens is 2. The van der Waals surface area contributed by atoms with Gasteiger partial charge in [0.2, 0.25) is 0 Å². The van der Waals surface area contributed by atoms with E-state index in [1.807, 2.05) is 18.2 Å². The van der Waals surface area contributed by atoms with Crippen LogP contribution in [0, 0.1) is 0 Å². The van der Waals surface area contributed by atoms with E-state index in [-0.39, 0.29) is 0 Å². The van der Waals surface area contributed by atoms with Gasteiger partial charge in [0.25, 0.3) is 0 Å². The van der Waals surface area contributed by atoms with Gasteiger partial charge in [-0.25, -0.2) is 9.97 Å². The van der Waals surface area contributed by atoms with Gasteiger partial charge in [-0.1, -0.05) is 0 Å². The molecule has 0 unspecified atom stereocenters. The molecule has 4 nitrogen and oxygen atoms in total. The molecule has 1 aromatic heterocycles. The molecule has 0 spiro atoms. The Balaban J connectivity index is 2.74. The summed E-state index contributed by atoms with van der Waals surface area (Å²) in [6.07, 6.45) is 1.45. The highest BCUT2D eigenvalue weighted by molar-refractivity contribution is 5.88. The first kappa shape index (κ1) is 7.79. The fourth-order valence-electron chi connectivity index (χ4n) is 1.18. The third-order valence-corrected chi connectivity index (χ3v) is 1.87. The average molecular weight is 175 g/mol. The van der Waals surface area contributed by atoms with Crippen LogP contribution in [-0.2, 0) is 0 Å². The molecule has 0 aliphatic heterocycles. The first-order valence-electron chi connectivity index (χ1n) is 3.85. The molecule has 2 rings (SSSR count). The summed E-state index contributed by atoms with van der Waals surface area (Å²) < 4.78 is 5.07. The van der Waals surface area contributed by atoms with Gasteiger partial charge in [0, 0.05) is 5.39 Å². The van der Waals surface area contributed by atoms with Gasteiger partial charge >= 0.3 is 0 Å². The summed E-state index contributed by atoms with van der Waals surface area (Å²) in [5.74, 6) is 1.23. The van der Waals surface area contributed by atoms with Crippen molar-refractivity contribution in [1.82, 2.24) is 9.97 Å². The Morgan fingerprint density at radius 2 is 2.15 bits per heavy atom. The second kappa shape index (κ2) is 2.90. The predicted octanol–water partition coefficient (Wildman–Crippen LogP) is 1.22. The lowest BCUT2D eigenvalue weighted by atomic mass is 10.2. The highest BCUT2D eigenvalue weighted by atomic mass is 16.5. The van der Waals surface area contributed by atoms with Crippen LogP contribution in [0.15, 0.2) is 24.5 Å². The van der Waals surface area contributed by atoms with Crippen LogP contribution in [-0.4, -0.2) is 17.1 Å². The lowest BCUT2D eigenvalue weighted by Crippen LogP contribution is -1.93. The molecule has 4 heteroatoms. The van der Waals surface area contributed by atoms with Crippen LogP contribution < -0.4 is 10.5 Å². The normalized spacial score (nSPS) is 10.2. The molecule has 2 aromatic rings. The maximum absolute atomic E-state index is 5.67. The minimum absolute atomic E-state index is 0.476. The lowest BCUT2D eigenvalue weighted by molar-refractivity contribution is 0.415. The topological polar surface area (TPSA) is 61.0 Å². The van der Waals surface area contributed by atoms with Crippen LogP contribution in [0.2, 0.25) is 0 Å². The zero-order valence-electron chi connectivity index (χ0n) is 7.19. The summed E-state index contributed by atoms with van der Waals surface area (Å²) in [4.78, 5) is 7.96. The minimum atomic E-state index is 0.476. The molecule has 0 saturated carbocycles. The second-order valence-electron chi connectivity index (χ2n) is 2.64. The smallest absolute Gasteiger partial charge is 0.134 e. The zero-order chi connectivity index (χ0) is 9.26.